The van der Waals surface area contributed by atoms with Crippen LogP contribution in [-0.2, 0) is 19.5 Å². The number of halogens is 1. The Bertz CT molecular complexity index is 383. The van der Waals surface area contributed by atoms with Gasteiger partial charge in [0.1, 0.15) is 0 Å². The third kappa shape index (κ3) is 3.72. The van der Waals surface area contributed by atoms with E-state index < -0.39 is 0 Å². The molecule has 1 heterocycles. The first-order valence-corrected chi connectivity index (χ1v) is 7.32. The third-order valence-corrected chi connectivity index (χ3v) is 3.74. The van der Waals surface area contributed by atoms with Crippen LogP contribution in [0.1, 0.15) is 58.8 Å². The van der Waals surface area contributed by atoms with Gasteiger partial charge in [-0.3, -0.25) is 4.68 Å². The molecular formula is C14H26ClN3. The topological polar surface area (TPSA) is 29.9 Å². The van der Waals surface area contributed by atoms with Gasteiger partial charge in [-0.15, -0.1) is 0 Å². The molecule has 0 spiro atoms. The summed E-state index contributed by atoms with van der Waals surface area (Å²) in [6.07, 6.45) is 3.23. The number of rotatable bonds is 7. The van der Waals surface area contributed by atoms with E-state index in [1.54, 1.807) is 0 Å². The van der Waals surface area contributed by atoms with Gasteiger partial charge in [-0.1, -0.05) is 31.9 Å². The minimum absolute atomic E-state index is 0.146. The molecule has 0 unspecified atom stereocenters. The number of aryl methyl sites for hydroxylation is 2. The lowest BCUT2D eigenvalue weighted by Gasteiger charge is -2.26. The monoisotopic (exact) mass is 271 g/mol. The van der Waals surface area contributed by atoms with E-state index in [0.717, 1.165) is 42.3 Å². The normalized spacial score (nSPS) is 12.1. The Balaban J connectivity index is 2.80. The molecule has 4 heteroatoms. The Morgan fingerprint density at radius 2 is 1.94 bits per heavy atom. The second-order valence-electron chi connectivity index (χ2n) is 5.36. The van der Waals surface area contributed by atoms with E-state index in [-0.39, 0.29) is 5.54 Å². The molecule has 0 aliphatic rings. The lowest BCUT2D eigenvalue weighted by atomic mass is 9.99. The molecule has 0 amide bonds. The first kappa shape index (κ1) is 15.5. The smallest absolute Gasteiger partial charge is 0.0863 e. The Labute approximate surface area is 116 Å². The van der Waals surface area contributed by atoms with Gasteiger partial charge in [0, 0.05) is 18.6 Å². The molecule has 1 aromatic heterocycles. The Morgan fingerprint density at radius 3 is 2.44 bits per heavy atom. The largest absolute Gasteiger partial charge is 0.306 e. The van der Waals surface area contributed by atoms with E-state index in [0.29, 0.717) is 0 Å². The van der Waals surface area contributed by atoms with Gasteiger partial charge < -0.3 is 5.32 Å². The maximum atomic E-state index is 6.39. The molecule has 0 bridgehead atoms. The standard InChI is InChI=1S/C14H26ClN3/c1-6-9-14(4,5)16-10-12-13(15)11(7-2)17-18(12)8-3/h16H,6-10H2,1-5H3. The van der Waals surface area contributed by atoms with Gasteiger partial charge in [0.05, 0.1) is 16.4 Å². The highest BCUT2D eigenvalue weighted by atomic mass is 35.5. The molecule has 104 valence electrons. The highest BCUT2D eigenvalue weighted by Gasteiger charge is 2.19. The molecule has 0 atom stereocenters. The zero-order valence-electron chi connectivity index (χ0n) is 12.3. The van der Waals surface area contributed by atoms with Crippen molar-refractivity contribution in [3.05, 3.63) is 16.4 Å². The van der Waals surface area contributed by atoms with Crippen LogP contribution in [0.4, 0.5) is 0 Å². The molecule has 0 aliphatic carbocycles. The summed E-state index contributed by atoms with van der Waals surface area (Å²) < 4.78 is 2.01. The lowest BCUT2D eigenvalue weighted by molar-refractivity contribution is 0.350. The van der Waals surface area contributed by atoms with Crippen LogP contribution in [0.15, 0.2) is 0 Å². The molecule has 1 rings (SSSR count). The minimum Gasteiger partial charge on any atom is -0.306 e. The molecular weight excluding hydrogens is 246 g/mol. The van der Waals surface area contributed by atoms with E-state index >= 15 is 0 Å². The summed E-state index contributed by atoms with van der Waals surface area (Å²) >= 11 is 6.39. The van der Waals surface area contributed by atoms with E-state index in [4.69, 9.17) is 11.6 Å². The van der Waals surface area contributed by atoms with Crippen LogP contribution < -0.4 is 5.32 Å². The Kier molecular flexibility index (Phi) is 5.67. The van der Waals surface area contributed by atoms with Crippen molar-refractivity contribution in [1.29, 1.82) is 0 Å². The third-order valence-electron chi connectivity index (χ3n) is 3.30. The summed E-state index contributed by atoms with van der Waals surface area (Å²) in [6.45, 7) is 12.5. The summed E-state index contributed by atoms with van der Waals surface area (Å²) in [5.74, 6) is 0. The Hall–Kier alpha value is -0.540. The van der Waals surface area contributed by atoms with Crippen LogP contribution in [0.2, 0.25) is 5.02 Å². The fourth-order valence-electron chi connectivity index (χ4n) is 2.22. The van der Waals surface area contributed by atoms with Crippen LogP contribution in [0.3, 0.4) is 0 Å². The van der Waals surface area contributed by atoms with Crippen molar-refractivity contribution in [2.24, 2.45) is 0 Å². The summed E-state index contributed by atoms with van der Waals surface area (Å²) in [5.41, 5.74) is 2.26. The van der Waals surface area contributed by atoms with Crippen LogP contribution >= 0.6 is 11.6 Å². The van der Waals surface area contributed by atoms with E-state index in [1.807, 2.05) is 4.68 Å². The van der Waals surface area contributed by atoms with Gasteiger partial charge in [0.15, 0.2) is 0 Å². The molecule has 1 aromatic rings. The maximum Gasteiger partial charge on any atom is 0.0863 e. The molecule has 0 aliphatic heterocycles. The number of nitrogens with one attached hydrogen (secondary N) is 1. The van der Waals surface area contributed by atoms with E-state index in [1.165, 1.54) is 6.42 Å². The summed E-state index contributed by atoms with van der Waals surface area (Å²) in [4.78, 5) is 0. The van der Waals surface area contributed by atoms with E-state index in [2.05, 4.69) is 45.0 Å². The summed E-state index contributed by atoms with van der Waals surface area (Å²) in [7, 11) is 0. The predicted molar refractivity (Wildman–Crippen MR) is 78.1 cm³/mol. The first-order chi connectivity index (χ1) is 8.45. The fourth-order valence-corrected chi connectivity index (χ4v) is 2.56. The summed E-state index contributed by atoms with van der Waals surface area (Å²) in [5, 5.41) is 8.95. The molecule has 3 nitrogen and oxygen atoms in total. The van der Waals surface area contributed by atoms with Crippen LogP contribution in [0.25, 0.3) is 0 Å². The number of aromatic nitrogens is 2. The van der Waals surface area contributed by atoms with Crippen molar-refractivity contribution in [3.8, 4) is 0 Å². The van der Waals surface area contributed by atoms with Crippen molar-refractivity contribution < 1.29 is 0 Å². The van der Waals surface area contributed by atoms with E-state index in [9.17, 15) is 0 Å². The lowest BCUT2D eigenvalue weighted by Crippen LogP contribution is -2.39. The second-order valence-corrected chi connectivity index (χ2v) is 5.74. The SMILES string of the molecule is CCCC(C)(C)NCc1c(Cl)c(CC)nn1CC. The van der Waals surface area contributed by atoms with Gasteiger partial charge in [0.25, 0.3) is 0 Å². The van der Waals surface area contributed by atoms with Gasteiger partial charge in [-0.2, -0.15) is 5.10 Å². The summed E-state index contributed by atoms with van der Waals surface area (Å²) in [6, 6.07) is 0. The molecule has 0 radical (unpaired) electrons. The van der Waals surface area contributed by atoms with Crippen molar-refractivity contribution in [3.63, 3.8) is 0 Å². The predicted octanol–water partition coefficient (Wildman–Crippen LogP) is 3.79. The second kappa shape index (κ2) is 6.58. The molecule has 0 saturated carbocycles. The first-order valence-electron chi connectivity index (χ1n) is 6.94. The van der Waals surface area contributed by atoms with Crippen molar-refractivity contribution in [2.75, 3.05) is 0 Å². The van der Waals surface area contributed by atoms with Gasteiger partial charge >= 0.3 is 0 Å². The number of nitrogens with zero attached hydrogens (tertiary/aromatic N) is 2. The number of hydrogen-bond donors (Lipinski definition) is 1. The van der Waals surface area contributed by atoms with Gasteiger partial charge in [-0.05, 0) is 33.6 Å². The van der Waals surface area contributed by atoms with Crippen LogP contribution in [-0.4, -0.2) is 15.3 Å². The zero-order chi connectivity index (χ0) is 13.8. The molecule has 1 N–H and O–H groups in total. The zero-order valence-corrected chi connectivity index (χ0v) is 13.1. The molecule has 0 saturated heterocycles. The van der Waals surface area contributed by atoms with Gasteiger partial charge in [0.2, 0.25) is 0 Å². The van der Waals surface area contributed by atoms with Gasteiger partial charge in [-0.25, -0.2) is 0 Å². The average Bonchev–Trinajstić information content (AvgIpc) is 2.63. The fraction of sp³-hybridized carbons (Fsp3) is 0.786. The molecule has 0 fully saturated rings. The van der Waals surface area contributed by atoms with Crippen LogP contribution in [0.5, 0.6) is 0 Å². The molecule has 0 aromatic carbocycles. The van der Waals surface area contributed by atoms with Crippen molar-refractivity contribution in [1.82, 2.24) is 15.1 Å². The van der Waals surface area contributed by atoms with Crippen molar-refractivity contribution in [2.45, 2.75) is 72.5 Å². The molecule has 18 heavy (non-hydrogen) atoms. The van der Waals surface area contributed by atoms with Crippen LogP contribution in [0, 0.1) is 0 Å². The minimum atomic E-state index is 0.146. The average molecular weight is 272 g/mol. The Morgan fingerprint density at radius 1 is 1.28 bits per heavy atom. The highest BCUT2D eigenvalue weighted by Crippen LogP contribution is 2.22. The quantitative estimate of drug-likeness (QED) is 0.818. The number of hydrogen-bond acceptors (Lipinski definition) is 2. The highest BCUT2D eigenvalue weighted by molar-refractivity contribution is 6.31. The van der Waals surface area contributed by atoms with Crippen molar-refractivity contribution >= 4 is 11.6 Å². The maximum absolute atomic E-state index is 6.39.